The van der Waals surface area contributed by atoms with E-state index in [1.165, 1.54) is 121 Å². The Bertz CT molecular complexity index is 3800. The van der Waals surface area contributed by atoms with Crippen LogP contribution in [0.1, 0.15) is 65.8 Å². The molecular formula is C71H54N2. The molecule has 0 saturated heterocycles. The molecule has 14 rings (SSSR count). The van der Waals surface area contributed by atoms with Gasteiger partial charge in [-0.2, -0.15) is 0 Å². The molecule has 73 heavy (non-hydrogen) atoms. The number of para-hydroxylation sites is 2. The minimum Gasteiger partial charge on any atom is -0.310 e. The summed E-state index contributed by atoms with van der Waals surface area (Å²) in [6.45, 7) is 0. The minimum atomic E-state index is -0.584. The molecule has 11 aromatic carbocycles. The highest BCUT2D eigenvalue weighted by atomic mass is 15.1. The summed E-state index contributed by atoms with van der Waals surface area (Å²) in [6, 6.07) is 97.6. The molecule has 1 saturated carbocycles. The lowest BCUT2D eigenvalue weighted by molar-refractivity contribution is 0.443. The van der Waals surface area contributed by atoms with Gasteiger partial charge in [0.15, 0.2) is 0 Å². The quantitative estimate of drug-likeness (QED) is 0.142. The molecule has 0 amide bonds. The summed E-state index contributed by atoms with van der Waals surface area (Å²) >= 11 is 0. The van der Waals surface area contributed by atoms with Gasteiger partial charge in [0.05, 0.1) is 11.1 Å². The predicted molar refractivity (Wildman–Crippen MR) is 306 cm³/mol. The lowest BCUT2D eigenvalue weighted by atomic mass is 9.70. The summed E-state index contributed by atoms with van der Waals surface area (Å²) in [4.78, 5) is 4.96. The number of hydrogen-bond acceptors (Lipinski definition) is 2. The van der Waals surface area contributed by atoms with Gasteiger partial charge in [-0.05, 0) is 169 Å². The molecule has 0 N–H and O–H groups in total. The van der Waals surface area contributed by atoms with Crippen molar-refractivity contribution in [2.75, 3.05) is 9.80 Å². The zero-order chi connectivity index (χ0) is 48.3. The Hall–Kier alpha value is -8.72. The lowest BCUT2D eigenvalue weighted by Crippen LogP contribution is -2.26. The van der Waals surface area contributed by atoms with Crippen molar-refractivity contribution in [2.24, 2.45) is 0 Å². The van der Waals surface area contributed by atoms with Gasteiger partial charge in [-0.3, -0.25) is 0 Å². The maximum atomic E-state index is 2.53. The van der Waals surface area contributed by atoms with Crippen LogP contribution in [0.5, 0.6) is 0 Å². The third-order valence-electron chi connectivity index (χ3n) is 16.2. The maximum absolute atomic E-state index is 2.53. The largest absolute Gasteiger partial charge is 0.310 e. The molecule has 0 radical (unpaired) electrons. The van der Waals surface area contributed by atoms with Crippen LogP contribution in [0.3, 0.4) is 0 Å². The van der Waals surface area contributed by atoms with E-state index in [2.05, 4.69) is 271 Å². The first-order valence-electron chi connectivity index (χ1n) is 26.2. The molecule has 2 nitrogen and oxygen atoms in total. The number of hydrogen-bond donors (Lipinski definition) is 0. The zero-order valence-electron chi connectivity index (χ0n) is 40.8. The Labute approximate surface area is 429 Å². The Morgan fingerprint density at radius 3 is 1.33 bits per heavy atom. The van der Waals surface area contributed by atoms with E-state index in [1.807, 2.05) is 0 Å². The molecular weight excluding hydrogens is 881 g/mol. The van der Waals surface area contributed by atoms with Crippen LogP contribution in [0, 0.1) is 0 Å². The highest BCUT2D eigenvalue weighted by molar-refractivity contribution is 6.01. The van der Waals surface area contributed by atoms with Crippen molar-refractivity contribution in [3.05, 3.63) is 289 Å². The van der Waals surface area contributed by atoms with E-state index in [0.717, 1.165) is 28.4 Å². The van der Waals surface area contributed by atoms with Gasteiger partial charge >= 0.3 is 0 Å². The normalized spacial score (nSPS) is 15.4. The summed E-state index contributed by atoms with van der Waals surface area (Å²) in [5.41, 5.74) is 22.8. The van der Waals surface area contributed by atoms with Crippen LogP contribution in [0.15, 0.2) is 261 Å². The van der Waals surface area contributed by atoms with Crippen molar-refractivity contribution < 1.29 is 0 Å². The Kier molecular flexibility index (Phi) is 10.5. The fraction of sp³-hybridized carbons (Fsp3) is 0.0986. The Morgan fingerprint density at radius 2 is 0.726 bits per heavy atom. The highest BCUT2D eigenvalue weighted by Gasteiger charge is 2.52. The Balaban J connectivity index is 0.976. The first-order chi connectivity index (χ1) is 36.2. The minimum absolute atomic E-state index is 0.584. The van der Waals surface area contributed by atoms with Crippen LogP contribution >= 0.6 is 0 Å². The van der Waals surface area contributed by atoms with Gasteiger partial charge < -0.3 is 9.80 Å². The summed E-state index contributed by atoms with van der Waals surface area (Å²) in [7, 11) is 0. The van der Waals surface area contributed by atoms with E-state index in [-0.39, 0.29) is 0 Å². The van der Waals surface area contributed by atoms with Crippen molar-refractivity contribution in [3.8, 4) is 44.5 Å². The number of nitrogens with zero attached hydrogens (tertiary/aromatic N) is 2. The molecule has 348 valence electrons. The molecule has 0 aliphatic heterocycles. The standard InChI is InChI=1S/C71H54N2/c1-5-19-49(20-6-1)51-33-35-53(36-34-51)65-45-54-23-13-14-24-55(54)46-70(65)73(57-27-11-4-12-28-57)60-42-44-64-62-30-16-18-32-67(62)71(69(64)48-60)66-31-17-15-29-61(66)63-43-41-59(47-68(63)71)72(56-25-9-3-10-26-56)58-39-37-52(38-40-58)50-21-7-2-8-22-50/h1,3-6,9-20,23-48,50H,2,7-8,21-22H2. The average molecular weight is 935 g/mol. The number of anilines is 6. The summed E-state index contributed by atoms with van der Waals surface area (Å²) < 4.78 is 0. The second kappa shape index (κ2) is 17.8. The molecule has 0 aromatic heterocycles. The van der Waals surface area contributed by atoms with Gasteiger partial charge in [0.2, 0.25) is 0 Å². The smallest absolute Gasteiger partial charge is 0.0727 e. The highest BCUT2D eigenvalue weighted by Crippen LogP contribution is 2.64. The van der Waals surface area contributed by atoms with E-state index in [4.69, 9.17) is 0 Å². The first kappa shape index (κ1) is 43.1. The van der Waals surface area contributed by atoms with Crippen molar-refractivity contribution in [1.82, 2.24) is 0 Å². The second-order valence-corrected chi connectivity index (χ2v) is 20.2. The number of benzene rings is 11. The summed E-state index contributed by atoms with van der Waals surface area (Å²) in [5, 5.41) is 2.41. The molecule has 1 spiro atoms. The van der Waals surface area contributed by atoms with Crippen molar-refractivity contribution in [2.45, 2.75) is 43.4 Å². The van der Waals surface area contributed by atoms with Crippen LogP contribution in [-0.4, -0.2) is 0 Å². The Morgan fingerprint density at radius 1 is 0.288 bits per heavy atom. The van der Waals surface area contributed by atoms with Crippen LogP contribution in [0.2, 0.25) is 0 Å². The molecule has 0 heterocycles. The molecule has 3 aliphatic rings. The van der Waals surface area contributed by atoms with Gasteiger partial charge in [-0.1, -0.05) is 207 Å². The van der Waals surface area contributed by atoms with Gasteiger partial charge in [0, 0.05) is 34.0 Å². The number of rotatable bonds is 9. The predicted octanol–water partition coefficient (Wildman–Crippen LogP) is 19.5. The lowest BCUT2D eigenvalue weighted by Gasteiger charge is -2.34. The SMILES string of the molecule is c1ccc(-c2ccc(-c3cc4ccccc4cc3N(c3ccccc3)c3ccc4c(c3)C3(c5ccccc5-c5ccc(N(c6ccccc6)c6ccc(C7CCCCC7)cc6)cc53)c3ccccc3-4)cc2)cc1. The summed E-state index contributed by atoms with van der Waals surface area (Å²) in [5.74, 6) is 0.649. The molecule has 1 atom stereocenters. The second-order valence-electron chi connectivity index (χ2n) is 20.2. The van der Waals surface area contributed by atoms with Gasteiger partial charge in [-0.15, -0.1) is 0 Å². The first-order valence-corrected chi connectivity index (χ1v) is 26.2. The molecule has 0 bridgehead atoms. The third kappa shape index (κ3) is 7.15. The zero-order valence-corrected chi connectivity index (χ0v) is 40.8. The molecule has 3 aliphatic carbocycles. The van der Waals surface area contributed by atoms with Gasteiger partial charge in [0.1, 0.15) is 0 Å². The van der Waals surface area contributed by atoms with Crippen LogP contribution in [0.4, 0.5) is 34.1 Å². The molecule has 11 aromatic rings. The van der Waals surface area contributed by atoms with E-state index < -0.39 is 5.41 Å². The van der Waals surface area contributed by atoms with Crippen molar-refractivity contribution in [1.29, 1.82) is 0 Å². The monoisotopic (exact) mass is 934 g/mol. The topological polar surface area (TPSA) is 6.48 Å². The maximum Gasteiger partial charge on any atom is 0.0727 e. The fourth-order valence-corrected chi connectivity index (χ4v) is 12.9. The van der Waals surface area contributed by atoms with Crippen LogP contribution < -0.4 is 9.80 Å². The van der Waals surface area contributed by atoms with Crippen LogP contribution in [-0.2, 0) is 5.41 Å². The average Bonchev–Trinajstić information content (AvgIpc) is 4.01. The van der Waals surface area contributed by atoms with Gasteiger partial charge in [0.25, 0.3) is 0 Å². The molecule has 1 unspecified atom stereocenters. The fourth-order valence-electron chi connectivity index (χ4n) is 12.9. The number of fused-ring (bicyclic) bond motifs is 11. The molecule has 2 heteroatoms. The van der Waals surface area contributed by atoms with Crippen molar-refractivity contribution >= 4 is 44.9 Å². The van der Waals surface area contributed by atoms with E-state index in [1.54, 1.807) is 0 Å². The van der Waals surface area contributed by atoms with E-state index in [0.29, 0.717) is 5.92 Å². The summed E-state index contributed by atoms with van der Waals surface area (Å²) in [6.07, 6.45) is 6.59. The van der Waals surface area contributed by atoms with Gasteiger partial charge in [-0.25, -0.2) is 0 Å². The van der Waals surface area contributed by atoms with Crippen LogP contribution in [0.25, 0.3) is 55.3 Å². The third-order valence-corrected chi connectivity index (χ3v) is 16.2. The molecule has 1 fully saturated rings. The van der Waals surface area contributed by atoms with Crippen molar-refractivity contribution in [3.63, 3.8) is 0 Å². The van der Waals surface area contributed by atoms with E-state index in [9.17, 15) is 0 Å². The van der Waals surface area contributed by atoms with E-state index >= 15 is 0 Å².